The molecule has 2 aliphatic heterocycles. The maximum atomic E-state index is 11.3. The summed E-state index contributed by atoms with van der Waals surface area (Å²) in [7, 11) is 0. The number of aliphatic hydroxyl groups excluding tert-OH is 2. The van der Waals surface area contributed by atoms with Crippen LogP contribution in [0, 0.1) is 11.8 Å². The van der Waals surface area contributed by atoms with E-state index in [0.29, 0.717) is 18.8 Å². The lowest BCUT2D eigenvalue weighted by molar-refractivity contribution is -0.141. The third kappa shape index (κ3) is 9.28. The summed E-state index contributed by atoms with van der Waals surface area (Å²) in [6.07, 6.45) is 18.9. The third-order valence-electron chi connectivity index (χ3n) is 6.04. The van der Waals surface area contributed by atoms with E-state index in [1.807, 2.05) is 63.3 Å². The fourth-order valence-corrected chi connectivity index (χ4v) is 4.19. The van der Waals surface area contributed by atoms with Crippen LogP contribution in [0.4, 0.5) is 0 Å². The molecule has 0 aliphatic carbocycles. The van der Waals surface area contributed by atoms with Crippen LogP contribution in [0.1, 0.15) is 53.9 Å². The minimum atomic E-state index is -0.766. The van der Waals surface area contributed by atoms with Crippen LogP contribution in [0.5, 0.6) is 0 Å². The molecule has 0 unspecified atom stereocenters. The van der Waals surface area contributed by atoms with Crippen LogP contribution in [0.25, 0.3) is 0 Å². The first-order valence-electron chi connectivity index (χ1n) is 11.9. The normalized spacial score (nSPS) is 31.5. The lowest BCUT2D eigenvalue weighted by atomic mass is 9.88. The van der Waals surface area contributed by atoms with Crippen molar-refractivity contribution in [3.8, 4) is 0 Å². The zero-order valence-electron chi connectivity index (χ0n) is 20.6. The molecule has 0 saturated carbocycles. The van der Waals surface area contributed by atoms with Crippen LogP contribution < -0.4 is 0 Å². The van der Waals surface area contributed by atoms with Crippen molar-refractivity contribution in [1.29, 1.82) is 0 Å². The first kappa shape index (κ1) is 27.0. The Hall–Kier alpha value is -2.21. The van der Waals surface area contributed by atoms with Gasteiger partial charge in [0.2, 0.25) is 0 Å². The fraction of sp³-hybridized carbons (Fsp3) is 0.536. The molecule has 33 heavy (non-hydrogen) atoms. The SMILES string of the molecule is CC=C[C@H]1O[C@@H]([C@@H](O)C=CC=C(C)C[C@@H](C)C=C(C)C=C[C@@H]2CC=CC(=O)O2)C[C@H](O)[C@H]1C. The minimum Gasteiger partial charge on any atom is -0.455 e. The topological polar surface area (TPSA) is 76.0 Å². The molecule has 0 spiro atoms. The smallest absolute Gasteiger partial charge is 0.331 e. The molecule has 1 saturated heterocycles. The Morgan fingerprint density at radius 3 is 2.76 bits per heavy atom. The molecule has 5 heteroatoms. The molecule has 7 atom stereocenters. The predicted molar refractivity (Wildman–Crippen MR) is 132 cm³/mol. The van der Waals surface area contributed by atoms with E-state index in [9.17, 15) is 15.0 Å². The van der Waals surface area contributed by atoms with Crippen molar-refractivity contribution in [1.82, 2.24) is 0 Å². The number of aliphatic hydroxyl groups is 2. The molecular formula is C28H40O5. The summed E-state index contributed by atoms with van der Waals surface area (Å²) < 4.78 is 11.2. The highest BCUT2D eigenvalue weighted by molar-refractivity contribution is 5.82. The number of allylic oxidation sites excluding steroid dienone is 7. The Morgan fingerprint density at radius 1 is 1.30 bits per heavy atom. The van der Waals surface area contributed by atoms with Gasteiger partial charge >= 0.3 is 5.97 Å². The molecule has 5 nitrogen and oxygen atoms in total. The standard InChI is InChI=1S/C28H40O5/c1-6-9-26-22(5)25(30)18-27(33-26)24(29)12-7-10-19(2)16-21(4)17-20(3)14-15-23-11-8-13-28(31)32-23/h6-10,12-15,17,21-27,29-30H,11,16,18H2,1-5H3/t21-,22-,23+,24+,25+,26-,27-/m1/s1. The average molecular weight is 457 g/mol. The van der Waals surface area contributed by atoms with Crippen LogP contribution in [0.3, 0.4) is 0 Å². The van der Waals surface area contributed by atoms with E-state index in [2.05, 4.69) is 19.9 Å². The highest BCUT2D eigenvalue weighted by Crippen LogP contribution is 2.28. The van der Waals surface area contributed by atoms with Crippen LogP contribution in [-0.2, 0) is 14.3 Å². The van der Waals surface area contributed by atoms with Gasteiger partial charge in [0.15, 0.2) is 0 Å². The van der Waals surface area contributed by atoms with E-state index >= 15 is 0 Å². The van der Waals surface area contributed by atoms with Crippen molar-refractivity contribution in [2.75, 3.05) is 0 Å². The maximum absolute atomic E-state index is 11.3. The molecule has 182 valence electrons. The molecule has 0 aromatic carbocycles. The molecule has 2 heterocycles. The number of carbonyl (C=O) groups is 1. The van der Waals surface area contributed by atoms with Crippen molar-refractivity contribution in [2.45, 2.75) is 84.4 Å². The van der Waals surface area contributed by atoms with Gasteiger partial charge in [-0.2, -0.15) is 0 Å². The Kier molecular flexibility index (Phi) is 11.0. The number of esters is 1. The zero-order chi connectivity index (χ0) is 24.4. The van der Waals surface area contributed by atoms with Gasteiger partial charge in [0.05, 0.1) is 24.4 Å². The fourth-order valence-electron chi connectivity index (χ4n) is 4.19. The van der Waals surface area contributed by atoms with Gasteiger partial charge in [-0.1, -0.05) is 73.6 Å². The third-order valence-corrected chi connectivity index (χ3v) is 6.04. The first-order chi connectivity index (χ1) is 15.7. The molecule has 2 aliphatic rings. The Bertz CT molecular complexity index is 816. The Balaban J connectivity index is 1.85. The summed E-state index contributed by atoms with van der Waals surface area (Å²) in [6.45, 7) is 10.2. The summed E-state index contributed by atoms with van der Waals surface area (Å²) in [6, 6.07) is 0. The first-order valence-corrected chi connectivity index (χ1v) is 11.9. The lowest BCUT2D eigenvalue weighted by Gasteiger charge is -2.38. The van der Waals surface area contributed by atoms with Crippen LogP contribution in [0.2, 0.25) is 0 Å². The molecule has 0 bridgehead atoms. The summed E-state index contributed by atoms with van der Waals surface area (Å²) >= 11 is 0. The summed E-state index contributed by atoms with van der Waals surface area (Å²) in [4.78, 5) is 11.3. The van der Waals surface area contributed by atoms with Crippen LogP contribution >= 0.6 is 0 Å². The van der Waals surface area contributed by atoms with Gasteiger partial charge < -0.3 is 19.7 Å². The Labute approximate surface area is 198 Å². The predicted octanol–water partition coefficient (Wildman–Crippen LogP) is 4.98. The van der Waals surface area contributed by atoms with E-state index in [1.54, 1.807) is 6.08 Å². The number of cyclic esters (lactones) is 1. The summed E-state index contributed by atoms with van der Waals surface area (Å²) in [5, 5.41) is 20.8. The second-order valence-electron chi connectivity index (χ2n) is 9.28. The molecule has 0 aromatic heterocycles. The van der Waals surface area contributed by atoms with E-state index in [4.69, 9.17) is 9.47 Å². The van der Waals surface area contributed by atoms with E-state index in [0.717, 1.165) is 12.0 Å². The maximum Gasteiger partial charge on any atom is 0.331 e. The van der Waals surface area contributed by atoms with E-state index in [-0.39, 0.29) is 24.1 Å². The molecule has 2 rings (SSSR count). The van der Waals surface area contributed by atoms with E-state index < -0.39 is 18.3 Å². The van der Waals surface area contributed by atoms with Gasteiger partial charge in [-0.25, -0.2) is 4.79 Å². The van der Waals surface area contributed by atoms with Crippen molar-refractivity contribution in [3.63, 3.8) is 0 Å². The van der Waals surface area contributed by atoms with E-state index in [1.165, 1.54) is 11.6 Å². The molecule has 0 amide bonds. The number of ether oxygens (including phenoxy) is 2. The highest BCUT2D eigenvalue weighted by atomic mass is 16.5. The van der Waals surface area contributed by atoms with Gasteiger partial charge in [0.25, 0.3) is 0 Å². The minimum absolute atomic E-state index is 0.0122. The molecule has 1 fully saturated rings. The highest BCUT2D eigenvalue weighted by Gasteiger charge is 2.35. The van der Waals surface area contributed by atoms with Gasteiger partial charge in [0.1, 0.15) is 6.10 Å². The van der Waals surface area contributed by atoms with Crippen molar-refractivity contribution in [3.05, 3.63) is 71.9 Å². The monoisotopic (exact) mass is 456 g/mol. The Morgan fingerprint density at radius 2 is 2.06 bits per heavy atom. The van der Waals surface area contributed by atoms with Crippen LogP contribution in [-0.4, -0.2) is 46.7 Å². The number of rotatable bonds is 9. The van der Waals surface area contributed by atoms with Gasteiger partial charge in [-0.05, 0) is 39.2 Å². The molecule has 0 radical (unpaired) electrons. The second kappa shape index (κ2) is 13.5. The van der Waals surface area contributed by atoms with Gasteiger partial charge in [0, 0.05) is 24.8 Å². The second-order valence-corrected chi connectivity index (χ2v) is 9.28. The van der Waals surface area contributed by atoms with Crippen molar-refractivity contribution < 1.29 is 24.5 Å². The molecular weight excluding hydrogens is 416 g/mol. The largest absolute Gasteiger partial charge is 0.455 e. The number of carbonyl (C=O) groups excluding carboxylic acids is 1. The van der Waals surface area contributed by atoms with Gasteiger partial charge in [-0.15, -0.1) is 0 Å². The van der Waals surface area contributed by atoms with Crippen LogP contribution in [0.15, 0.2) is 71.9 Å². The quantitative estimate of drug-likeness (QED) is 0.291. The molecule has 2 N–H and O–H groups in total. The summed E-state index contributed by atoms with van der Waals surface area (Å²) in [5.74, 6) is 0.0688. The average Bonchev–Trinajstić information content (AvgIpc) is 2.75. The zero-order valence-corrected chi connectivity index (χ0v) is 20.6. The number of hydrogen-bond donors (Lipinski definition) is 2. The molecule has 0 aromatic rings. The summed E-state index contributed by atoms with van der Waals surface area (Å²) in [5.41, 5.74) is 2.33. The number of hydrogen-bond acceptors (Lipinski definition) is 5. The lowest BCUT2D eigenvalue weighted by Crippen LogP contribution is -2.46. The van der Waals surface area contributed by atoms with Crippen molar-refractivity contribution >= 4 is 5.97 Å². The van der Waals surface area contributed by atoms with Crippen molar-refractivity contribution in [2.24, 2.45) is 11.8 Å². The van der Waals surface area contributed by atoms with Gasteiger partial charge in [-0.3, -0.25) is 0 Å².